The molecule has 1 aromatic rings. The molecule has 1 unspecified atom stereocenters. The molecule has 0 spiro atoms. The molecular formula is C14H23N3O2S2. The number of nitrogens with one attached hydrogen (secondary N) is 1. The summed E-state index contributed by atoms with van der Waals surface area (Å²) in [5.41, 5.74) is 5.85. The second-order valence-electron chi connectivity index (χ2n) is 5.59. The van der Waals surface area contributed by atoms with Gasteiger partial charge in [-0.1, -0.05) is 38.9 Å². The molecule has 0 saturated heterocycles. The quantitative estimate of drug-likeness (QED) is 0.714. The first-order chi connectivity index (χ1) is 9.72. The van der Waals surface area contributed by atoms with Gasteiger partial charge in [-0.3, -0.25) is 4.98 Å². The van der Waals surface area contributed by atoms with Crippen LogP contribution in [0, 0.1) is 5.92 Å². The van der Waals surface area contributed by atoms with Crippen molar-refractivity contribution in [3.05, 3.63) is 24.0 Å². The van der Waals surface area contributed by atoms with Crippen molar-refractivity contribution in [2.24, 2.45) is 11.7 Å². The van der Waals surface area contributed by atoms with Crippen molar-refractivity contribution in [3.63, 3.8) is 0 Å². The topological polar surface area (TPSA) is 85.1 Å². The van der Waals surface area contributed by atoms with Crippen molar-refractivity contribution in [1.29, 1.82) is 0 Å². The van der Waals surface area contributed by atoms with Gasteiger partial charge in [0, 0.05) is 12.2 Å². The minimum atomic E-state index is -3.55. The first-order valence-electron chi connectivity index (χ1n) is 7.00. The van der Waals surface area contributed by atoms with E-state index in [-0.39, 0.29) is 15.9 Å². The zero-order chi connectivity index (χ0) is 16.0. The zero-order valence-corrected chi connectivity index (χ0v) is 14.3. The van der Waals surface area contributed by atoms with Crippen LogP contribution in [-0.2, 0) is 10.0 Å². The highest BCUT2D eigenvalue weighted by Crippen LogP contribution is 2.12. The minimum absolute atomic E-state index is 0.107. The van der Waals surface area contributed by atoms with Gasteiger partial charge in [-0.15, -0.1) is 0 Å². The third kappa shape index (κ3) is 6.07. The van der Waals surface area contributed by atoms with Gasteiger partial charge in [0.1, 0.15) is 9.88 Å². The second kappa shape index (κ2) is 7.82. The van der Waals surface area contributed by atoms with E-state index in [1.165, 1.54) is 18.3 Å². The molecule has 3 N–H and O–H groups in total. The molecule has 0 aliphatic heterocycles. The molecule has 1 heterocycles. The van der Waals surface area contributed by atoms with Crippen molar-refractivity contribution in [3.8, 4) is 0 Å². The number of aromatic nitrogens is 1. The Hall–Kier alpha value is -1.05. The number of pyridine rings is 1. The van der Waals surface area contributed by atoms with Crippen LogP contribution in [0.3, 0.4) is 0 Å². The van der Waals surface area contributed by atoms with E-state index in [1.54, 1.807) is 0 Å². The fraction of sp³-hybridized carbons (Fsp3) is 0.571. The first kappa shape index (κ1) is 18.0. The van der Waals surface area contributed by atoms with Gasteiger partial charge < -0.3 is 5.73 Å². The van der Waals surface area contributed by atoms with Crippen molar-refractivity contribution in [2.45, 2.75) is 51.0 Å². The van der Waals surface area contributed by atoms with Crippen LogP contribution in [0.25, 0.3) is 0 Å². The number of thiocarbonyl (C=S) groups is 1. The highest BCUT2D eigenvalue weighted by atomic mass is 32.2. The summed E-state index contributed by atoms with van der Waals surface area (Å²) >= 11 is 4.79. The number of hydrogen-bond acceptors (Lipinski definition) is 4. The first-order valence-corrected chi connectivity index (χ1v) is 8.89. The molecule has 1 rings (SSSR count). The predicted molar refractivity (Wildman–Crippen MR) is 88.6 cm³/mol. The summed E-state index contributed by atoms with van der Waals surface area (Å²) in [7, 11) is -3.55. The number of nitrogens with zero attached hydrogens (tertiary/aromatic N) is 1. The average Bonchev–Trinajstić information content (AvgIpc) is 2.37. The van der Waals surface area contributed by atoms with Crippen molar-refractivity contribution in [2.75, 3.05) is 0 Å². The van der Waals surface area contributed by atoms with Gasteiger partial charge >= 0.3 is 0 Å². The normalized spacial score (nSPS) is 13.3. The molecule has 0 saturated carbocycles. The number of sulfonamides is 1. The Kier molecular flexibility index (Phi) is 6.70. The fourth-order valence-electron chi connectivity index (χ4n) is 1.91. The molecule has 118 valence electrons. The number of hydrogen-bond donors (Lipinski definition) is 2. The van der Waals surface area contributed by atoms with Gasteiger partial charge in [0.25, 0.3) is 0 Å². The van der Waals surface area contributed by atoms with Crippen LogP contribution in [0.1, 0.15) is 45.7 Å². The van der Waals surface area contributed by atoms with Crippen molar-refractivity contribution >= 4 is 27.2 Å². The number of nitrogens with two attached hydrogens (primary N) is 1. The van der Waals surface area contributed by atoms with Gasteiger partial charge in [0.15, 0.2) is 0 Å². The lowest BCUT2D eigenvalue weighted by Crippen LogP contribution is -2.32. The fourth-order valence-corrected chi connectivity index (χ4v) is 3.25. The Morgan fingerprint density at radius 1 is 1.33 bits per heavy atom. The van der Waals surface area contributed by atoms with Gasteiger partial charge in [-0.2, -0.15) is 0 Å². The lowest BCUT2D eigenvalue weighted by atomic mass is 10.0. The van der Waals surface area contributed by atoms with Crippen LogP contribution in [0.5, 0.6) is 0 Å². The Morgan fingerprint density at radius 2 is 2.00 bits per heavy atom. The van der Waals surface area contributed by atoms with Crippen LogP contribution in [-0.4, -0.2) is 24.4 Å². The summed E-state index contributed by atoms with van der Waals surface area (Å²) in [6, 6.07) is 2.87. The van der Waals surface area contributed by atoms with Crippen molar-refractivity contribution < 1.29 is 8.42 Å². The van der Waals surface area contributed by atoms with Gasteiger partial charge in [-0.25, -0.2) is 13.1 Å². The third-order valence-electron chi connectivity index (χ3n) is 3.07. The summed E-state index contributed by atoms with van der Waals surface area (Å²) in [6.07, 6.45) is 4.18. The smallest absolute Gasteiger partial charge is 0.242 e. The van der Waals surface area contributed by atoms with Gasteiger partial charge in [-0.05, 0) is 31.4 Å². The van der Waals surface area contributed by atoms with E-state index in [0.717, 1.165) is 19.3 Å². The molecule has 1 atom stereocenters. The molecular weight excluding hydrogens is 306 g/mol. The summed E-state index contributed by atoms with van der Waals surface area (Å²) in [5, 5.41) is 0. The molecule has 21 heavy (non-hydrogen) atoms. The van der Waals surface area contributed by atoms with Crippen LogP contribution in [0.15, 0.2) is 23.2 Å². The second-order valence-corrected chi connectivity index (χ2v) is 7.74. The Balaban J connectivity index is 2.66. The maximum Gasteiger partial charge on any atom is 0.242 e. The third-order valence-corrected chi connectivity index (χ3v) is 4.86. The van der Waals surface area contributed by atoms with Crippen LogP contribution < -0.4 is 10.5 Å². The Labute approximate surface area is 132 Å². The van der Waals surface area contributed by atoms with E-state index in [1.807, 2.05) is 6.92 Å². The minimum Gasteiger partial charge on any atom is -0.388 e. The maximum absolute atomic E-state index is 12.2. The SMILES string of the molecule is CC(C)CCCC(C)NS(=O)(=O)c1ccc(C(N)=S)nc1. The van der Waals surface area contributed by atoms with Gasteiger partial charge in [0.05, 0.1) is 5.69 Å². The summed E-state index contributed by atoms with van der Waals surface area (Å²) in [6.45, 7) is 6.18. The highest BCUT2D eigenvalue weighted by Gasteiger charge is 2.17. The van der Waals surface area contributed by atoms with E-state index in [2.05, 4.69) is 23.6 Å². The molecule has 0 radical (unpaired) electrons. The lowest BCUT2D eigenvalue weighted by Gasteiger charge is -2.14. The summed E-state index contributed by atoms with van der Waals surface area (Å²) < 4.78 is 27.1. The standard InChI is InChI=1S/C14H23N3O2S2/c1-10(2)5-4-6-11(3)17-21(18,19)12-7-8-13(14(15)20)16-9-12/h7-11,17H,4-6H2,1-3H3,(H2,15,20). The summed E-state index contributed by atoms with van der Waals surface area (Å²) in [5.74, 6) is 0.630. The average molecular weight is 329 g/mol. The van der Waals surface area contributed by atoms with Crippen LogP contribution >= 0.6 is 12.2 Å². The number of rotatable bonds is 8. The molecule has 0 aromatic carbocycles. The van der Waals surface area contributed by atoms with Gasteiger partial charge in [0.2, 0.25) is 10.0 Å². The monoisotopic (exact) mass is 329 g/mol. The van der Waals surface area contributed by atoms with E-state index < -0.39 is 10.0 Å². The molecule has 0 fully saturated rings. The van der Waals surface area contributed by atoms with Crippen LogP contribution in [0.2, 0.25) is 0 Å². The zero-order valence-electron chi connectivity index (χ0n) is 12.7. The summed E-state index contributed by atoms with van der Waals surface area (Å²) in [4.78, 5) is 4.22. The van der Waals surface area contributed by atoms with E-state index >= 15 is 0 Å². The molecule has 0 aliphatic rings. The molecule has 1 aromatic heterocycles. The lowest BCUT2D eigenvalue weighted by molar-refractivity contribution is 0.488. The molecule has 0 bridgehead atoms. The van der Waals surface area contributed by atoms with E-state index in [0.29, 0.717) is 11.6 Å². The predicted octanol–water partition coefficient (Wildman–Crippen LogP) is 2.21. The Bertz CT molecular complexity index is 568. The van der Waals surface area contributed by atoms with E-state index in [4.69, 9.17) is 18.0 Å². The maximum atomic E-state index is 12.2. The molecule has 0 amide bonds. The van der Waals surface area contributed by atoms with E-state index in [9.17, 15) is 8.42 Å². The molecule has 7 heteroatoms. The van der Waals surface area contributed by atoms with Crippen LogP contribution in [0.4, 0.5) is 0 Å². The molecule has 0 aliphatic carbocycles. The van der Waals surface area contributed by atoms with Crippen molar-refractivity contribution in [1.82, 2.24) is 9.71 Å². The molecule has 5 nitrogen and oxygen atoms in total. The largest absolute Gasteiger partial charge is 0.388 e. The Morgan fingerprint density at radius 3 is 2.48 bits per heavy atom. The highest BCUT2D eigenvalue weighted by molar-refractivity contribution is 7.89.